The number of aryl methyl sites for hydroxylation is 2. The summed E-state index contributed by atoms with van der Waals surface area (Å²) in [5.74, 6) is 1.67. The highest BCUT2D eigenvalue weighted by Gasteiger charge is 2.19. The van der Waals surface area contributed by atoms with E-state index in [0.717, 1.165) is 24.6 Å². The van der Waals surface area contributed by atoms with Crippen LogP contribution >= 0.6 is 0 Å². The van der Waals surface area contributed by atoms with Crippen molar-refractivity contribution in [1.82, 2.24) is 5.32 Å². The molecule has 0 saturated heterocycles. The van der Waals surface area contributed by atoms with Crippen LogP contribution in [0.3, 0.4) is 0 Å². The number of nitrogens with one attached hydrogen (secondary N) is 1. The van der Waals surface area contributed by atoms with Crippen LogP contribution in [0.5, 0.6) is 11.5 Å². The maximum atomic E-state index is 5.94. The average molecular weight is 283 g/mol. The molecule has 0 radical (unpaired) electrons. The number of benzene rings is 2. The molecule has 3 rings (SSSR count). The quantitative estimate of drug-likeness (QED) is 0.934. The van der Waals surface area contributed by atoms with Gasteiger partial charge in [0.05, 0.1) is 0 Å². The Hall–Kier alpha value is -2.00. The first-order chi connectivity index (χ1) is 10.2. The second-order valence-electron chi connectivity index (χ2n) is 5.56. The standard InChI is InChI=1S/C18H21NO2/c1-13-7-8-14(2)15(9-13)10-19-11-16-12-20-17-5-3-4-6-18(17)21-16/h3-9,16,19H,10-12H2,1-2H3. The molecular weight excluding hydrogens is 262 g/mol. The third-order valence-corrected chi connectivity index (χ3v) is 3.76. The molecule has 110 valence electrons. The molecule has 21 heavy (non-hydrogen) atoms. The minimum absolute atomic E-state index is 0.0602. The highest BCUT2D eigenvalue weighted by atomic mass is 16.6. The van der Waals surface area contributed by atoms with E-state index in [-0.39, 0.29) is 6.10 Å². The van der Waals surface area contributed by atoms with E-state index in [9.17, 15) is 0 Å². The summed E-state index contributed by atoms with van der Waals surface area (Å²) in [4.78, 5) is 0. The zero-order valence-electron chi connectivity index (χ0n) is 12.6. The molecule has 0 fully saturated rings. The highest BCUT2D eigenvalue weighted by Crippen LogP contribution is 2.30. The number of fused-ring (bicyclic) bond motifs is 1. The van der Waals surface area contributed by atoms with E-state index in [1.807, 2.05) is 24.3 Å². The van der Waals surface area contributed by atoms with Gasteiger partial charge in [-0.05, 0) is 37.1 Å². The molecule has 1 aliphatic heterocycles. The molecule has 1 atom stereocenters. The largest absolute Gasteiger partial charge is 0.486 e. The van der Waals surface area contributed by atoms with Crippen molar-refractivity contribution in [1.29, 1.82) is 0 Å². The van der Waals surface area contributed by atoms with Crippen LogP contribution in [-0.4, -0.2) is 19.3 Å². The Morgan fingerprint density at radius 2 is 1.90 bits per heavy atom. The minimum Gasteiger partial charge on any atom is -0.486 e. The van der Waals surface area contributed by atoms with Crippen molar-refractivity contribution in [3.05, 3.63) is 59.2 Å². The molecule has 0 spiro atoms. The summed E-state index contributed by atoms with van der Waals surface area (Å²) in [6.07, 6.45) is 0.0602. The number of ether oxygens (including phenoxy) is 2. The summed E-state index contributed by atoms with van der Waals surface area (Å²) >= 11 is 0. The second kappa shape index (κ2) is 6.19. The molecule has 0 bridgehead atoms. The van der Waals surface area contributed by atoms with Crippen LogP contribution in [0.4, 0.5) is 0 Å². The van der Waals surface area contributed by atoms with Gasteiger partial charge in [0.1, 0.15) is 12.7 Å². The third kappa shape index (κ3) is 3.37. The van der Waals surface area contributed by atoms with Crippen LogP contribution in [0.1, 0.15) is 16.7 Å². The van der Waals surface area contributed by atoms with E-state index < -0.39 is 0 Å². The Balaban J connectivity index is 1.54. The van der Waals surface area contributed by atoms with Crippen LogP contribution in [0, 0.1) is 13.8 Å². The molecule has 3 heteroatoms. The summed E-state index contributed by atoms with van der Waals surface area (Å²) in [5.41, 5.74) is 3.95. The molecule has 0 saturated carbocycles. The summed E-state index contributed by atoms with van der Waals surface area (Å²) in [5, 5.41) is 3.47. The molecule has 1 N–H and O–H groups in total. The molecule has 3 nitrogen and oxygen atoms in total. The fourth-order valence-corrected chi connectivity index (χ4v) is 2.52. The number of para-hydroxylation sites is 2. The van der Waals surface area contributed by atoms with E-state index in [1.165, 1.54) is 16.7 Å². The molecule has 0 aliphatic carbocycles. The predicted molar refractivity (Wildman–Crippen MR) is 84.0 cm³/mol. The molecule has 2 aromatic carbocycles. The van der Waals surface area contributed by atoms with Crippen molar-refractivity contribution in [3.8, 4) is 11.5 Å². The minimum atomic E-state index is 0.0602. The Kier molecular flexibility index (Phi) is 4.11. The van der Waals surface area contributed by atoms with Crippen LogP contribution in [0.25, 0.3) is 0 Å². The molecule has 1 aliphatic rings. The maximum Gasteiger partial charge on any atom is 0.161 e. The first kappa shape index (κ1) is 14.0. The zero-order valence-corrected chi connectivity index (χ0v) is 12.6. The SMILES string of the molecule is Cc1ccc(C)c(CNCC2COc3ccccc3O2)c1. The van der Waals surface area contributed by atoms with Gasteiger partial charge in [0.2, 0.25) is 0 Å². The molecule has 1 heterocycles. The summed E-state index contributed by atoms with van der Waals surface area (Å²) in [7, 11) is 0. The van der Waals surface area contributed by atoms with Crippen LogP contribution < -0.4 is 14.8 Å². The lowest BCUT2D eigenvalue weighted by Gasteiger charge is -2.26. The Morgan fingerprint density at radius 1 is 1.10 bits per heavy atom. The lowest BCUT2D eigenvalue weighted by Crippen LogP contribution is -2.38. The lowest BCUT2D eigenvalue weighted by molar-refractivity contribution is 0.0902. The summed E-state index contributed by atoms with van der Waals surface area (Å²) in [6.45, 7) is 6.50. The monoisotopic (exact) mass is 283 g/mol. The van der Waals surface area contributed by atoms with E-state index >= 15 is 0 Å². The maximum absolute atomic E-state index is 5.94. The van der Waals surface area contributed by atoms with Gasteiger partial charge in [-0.3, -0.25) is 0 Å². The van der Waals surface area contributed by atoms with E-state index in [2.05, 4.69) is 37.4 Å². The van der Waals surface area contributed by atoms with Gasteiger partial charge < -0.3 is 14.8 Å². The Bertz CT molecular complexity index is 624. The summed E-state index contributed by atoms with van der Waals surface area (Å²) < 4.78 is 11.7. The van der Waals surface area contributed by atoms with Crippen molar-refractivity contribution in [3.63, 3.8) is 0 Å². The van der Waals surface area contributed by atoms with Crippen molar-refractivity contribution in [2.45, 2.75) is 26.5 Å². The molecule has 0 aromatic heterocycles. The van der Waals surface area contributed by atoms with E-state index in [4.69, 9.17) is 9.47 Å². The number of hydrogen-bond acceptors (Lipinski definition) is 3. The highest BCUT2D eigenvalue weighted by molar-refractivity contribution is 5.40. The van der Waals surface area contributed by atoms with Gasteiger partial charge in [0, 0.05) is 13.1 Å². The first-order valence-electron chi connectivity index (χ1n) is 7.38. The predicted octanol–water partition coefficient (Wildman–Crippen LogP) is 3.23. The van der Waals surface area contributed by atoms with Crippen LogP contribution in [0.15, 0.2) is 42.5 Å². The molecule has 1 unspecified atom stereocenters. The van der Waals surface area contributed by atoms with Gasteiger partial charge in [-0.1, -0.05) is 35.9 Å². The Morgan fingerprint density at radius 3 is 2.76 bits per heavy atom. The normalized spacial score (nSPS) is 16.8. The fourth-order valence-electron chi connectivity index (χ4n) is 2.52. The van der Waals surface area contributed by atoms with Crippen LogP contribution in [-0.2, 0) is 6.54 Å². The van der Waals surface area contributed by atoms with Gasteiger partial charge in [-0.2, -0.15) is 0 Å². The smallest absolute Gasteiger partial charge is 0.161 e. The van der Waals surface area contributed by atoms with Crippen LogP contribution in [0.2, 0.25) is 0 Å². The topological polar surface area (TPSA) is 30.5 Å². The van der Waals surface area contributed by atoms with Crippen molar-refractivity contribution in [2.24, 2.45) is 0 Å². The molecule has 0 amide bonds. The van der Waals surface area contributed by atoms with Crippen molar-refractivity contribution < 1.29 is 9.47 Å². The number of hydrogen-bond donors (Lipinski definition) is 1. The van der Waals surface area contributed by atoms with Crippen molar-refractivity contribution >= 4 is 0 Å². The van der Waals surface area contributed by atoms with E-state index in [1.54, 1.807) is 0 Å². The molecular formula is C18H21NO2. The number of rotatable bonds is 4. The van der Waals surface area contributed by atoms with Gasteiger partial charge in [0.15, 0.2) is 11.5 Å². The van der Waals surface area contributed by atoms with Crippen molar-refractivity contribution in [2.75, 3.05) is 13.2 Å². The van der Waals surface area contributed by atoms with Gasteiger partial charge in [-0.15, -0.1) is 0 Å². The average Bonchev–Trinajstić information content (AvgIpc) is 2.50. The van der Waals surface area contributed by atoms with Gasteiger partial charge in [0.25, 0.3) is 0 Å². The second-order valence-corrected chi connectivity index (χ2v) is 5.56. The fraction of sp³-hybridized carbons (Fsp3) is 0.333. The first-order valence-corrected chi connectivity index (χ1v) is 7.38. The third-order valence-electron chi connectivity index (χ3n) is 3.76. The van der Waals surface area contributed by atoms with E-state index in [0.29, 0.717) is 6.61 Å². The molecule has 2 aromatic rings. The lowest BCUT2D eigenvalue weighted by atomic mass is 10.1. The zero-order chi connectivity index (χ0) is 14.7. The summed E-state index contributed by atoms with van der Waals surface area (Å²) in [6, 6.07) is 14.4. The Labute approximate surface area is 125 Å². The van der Waals surface area contributed by atoms with Gasteiger partial charge in [-0.25, -0.2) is 0 Å². The van der Waals surface area contributed by atoms with Gasteiger partial charge >= 0.3 is 0 Å².